The van der Waals surface area contributed by atoms with Gasteiger partial charge in [-0.2, -0.15) is 0 Å². The summed E-state index contributed by atoms with van der Waals surface area (Å²) in [6, 6.07) is -0.537. The van der Waals surface area contributed by atoms with Gasteiger partial charge in [-0.05, 0) is 40.0 Å². The first-order valence-electron chi connectivity index (χ1n) is 8.08. The minimum Gasteiger partial charge on any atom is -0.444 e. The summed E-state index contributed by atoms with van der Waals surface area (Å²) in [6.45, 7) is 6.18. The van der Waals surface area contributed by atoms with Gasteiger partial charge in [-0.25, -0.2) is 9.59 Å². The summed E-state index contributed by atoms with van der Waals surface area (Å²) in [7, 11) is 0. The lowest BCUT2D eigenvalue weighted by atomic mass is 10.0. The Kier molecular flexibility index (Phi) is 5.63. The molecule has 0 aliphatic carbocycles. The minimum atomic E-state index is -0.625. The third-order valence-electron chi connectivity index (χ3n) is 3.58. The molecule has 1 atom stereocenters. The lowest BCUT2D eigenvalue weighted by molar-refractivity contribution is -0.127. The molecule has 9 heteroatoms. The number of carbonyl (C=O) groups excluding carboxylic acids is 2. The van der Waals surface area contributed by atoms with Crippen molar-refractivity contribution in [1.29, 1.82) is 0 Å². The number of rotatable bonds is 4. The molecule has 0 spiro atoms. The Balaban J connectivity index is 1.89. The van der Waals surface area contributed by atoms with Crippen LogP contribution in [0.5, 0.6) is 0 Å². The first-order valence-corrected chi connectivity index (χ1v) is 8.08. The quantitative estimate of drug-likeness (QED) is 0.837. The van der Waals surface area contributed by atoms with E-state index in [1.54, 1.807) is 20.8 Å². The lowest BCUT2D eigenvalue weighted by Crippen LogP contribution is -2.53. The highest BCUT2D eigenvalue weighted by Gasteiger charge is 2.34. The molecule has 2 heterocycles. The predicted octanol–water partition coefficient (Wildman–Crippen LogP) is 0.811. The number of H-pyrrole nitrogens is 1. The average molecular weight is 340 g/mol. The summed E-state index contributed by atoms with van der Waals surface area (Å²) >= 11 is 0. The van der Waals surface area contributed by atoms with Gasteiger partial charge >= 0.3 is 11.8 Å². The molecule has 0 saturated carbocycles. The summed E-state index contributed by atoms with van der Waals surface area (Å²) in [5.74, 6) is -0.487. The van der Waals surface area contributed by atoms with Crippen LogP contribution in [0.4, 0.5) is 4.79 Å². The monoisotopic (exact) mass is 340 g/mol. The van der Waals surface area contributed by atoms with Crippen LogP contribution in [0, 0.1) is 0 Å². The van der Waals surface area contributed by atoms with Crippen LogP contribution < -0.4 is 11.1 Å². The van der Waals surface area contributed by atoms with E-state index in [1.807, 2.05) is 0 Å². The highest BCUT2D eigenvalue weighted by atomic mass is 16.6. The number of nitrogens with one attached hydrogen (secondary N) is 2. The zero-order valence-electron chi connectivity index (χ0n) is 14.3. The molecule has 1 aliphatic heterocycles. The van der Waals surface area contributed by atoms with Gasteiger partial charge < -0.3 is 10.1 Å². The topological polar surface area (TPSA) is 118 Å². The second kappa shape index (κ2) is 7.50. The molecular weight excluding hydrogens is 316 g/mol. The smallest absolute Gasteiger partial charge is 0.438 e. The molecule has 0 aromatic carbocycles. The second-order valence-electron chi connectivity index (χ2n) is 6.77. The molecule has 1 fully saturated rings. The normalized spacial score (nSPS) is 18.3. The van der Waals surface area contributed by atoms with Gasteiger partial charge in [-0.15, -0.1) is 0 Å². The number of hydrogen-bond acceptors (Lipinski definition) is 6. The third kappa shape index (κ3) is 5.10. The fourth-order valence-corrected chi connectivity index (χ4v) is 2.53. The van der Waals surface area contributed by atoms with Crippen LogP contribution in [0.25, 0.3) is 0 Å². The van der Waals surface area contributed by atoms with Crippen LogP contribution in [0.1, 0.15) is 45.9 Å². The van der Waals surface area contributed by atoms with Gasteiger partial charge in [0.15, 0.2) is 5.82 Å². The Labute approximate surface area is 139 Å². The molecule has 9 nitrogen and oxygen atoms in total. The standard InChI is InChI=1S/C15H24N4O5/c1-15(2,3)23-14(22)19-9-5-4-6-10(19)12(20)16-8-7-11-17-13(21)24-18-11/h10H,4-9H2,1-3H3,(H,16,20)(H,17,18,21)/t10-/m1/s1. The summed E-state index contributed by atoms with van der Waals surface area (Å²) in [6.07, 6.45) is 2.21. The largest absolute Gasteiger partial charge is 0.444 e. The molecule has 2 N–H and O–H groups in total. The Bertz CT molecular complexity index is 630. The average Bonchev–Trinajstić information content (AvgIpc) is 2.91. The van der Waals surface area contributed by atoms with Crippen molar-refractivity contribution in [2.75, 3.05) is 13.1 Å². The maximum absolute atomic E-state index is 12.4. The van der Waals surface area contributed by atoms with Crippen LogP contribution in [-0.2, 0) is 16.0 Å². The third-order valence-corrected chi connectivity index (χ3v) is 3.58. The lowest BCUT2D eigenvalue weighted by Gasteiger charge is -2.35. The summed E-state index contributed by atoms with van der Waals surface area (Å²) in [5.41, 5.74) is -0.603. The molecule has 2 amide bonds. The highest BCUT2D eigenvalue weighted by molar-refractivity contribution is 5.85. The van der Waals surface area contributed by atoms with Crippen molar-refractivity contribution in [3.63, 3.8) is 0 Å². The second-order valence-corrected chi connectivity index (χ2v) is 6.77. The van der Waals surface area contributed by atoms with Crippen molar-refractivity contribution in [3.05, 3.63) is 16.4 Å². The summed E-state index contributed by atoms with van der Waals surface area (Å²) < 4.78 is 9.77. The summed E-state index contributed by atoms with van der Waals surface area (Å²) in [5, 5.41) is 6.30. The number of amides is 2. The molecule has 1 aromatic rings. The van der Waals surface area contributed by atoms with Crippen molar-refractivity contribution in [2.45, 2.75) is 58.1 Å². The SMILES string of the molecule is CC(C)(C)OC(=O)N1CCCC[C@@H]1C(=O)NCCc1noc(=O)[nH]1. The van der Waals surface area contributed by atoms with Crippen molar-refractivity contribution >= 4 is 12.0 Å². The zero-order chi connectivity index (χ0) is 17.7. The van der Waals surface area contributed by atoms with E-state index in [0.717, 1.165) is 12.8 Å². The van der Waals surface area contributed by atoms with E-state index in [-0.39, 0.29) is 5.91 Å². The van der Waals surface area contributed by atoms with Crippen molar-refractivity contribution in [2.24, 2.45) is 0 Å². The van der Waals surface area contributed by atoms with Crippen LogP contribution in [-0.4, -0.2) is 51.8 Å². The van der Waals surface area contributed by atoms with Gasteiger partial charge in [0.2, 0.25) is 5.91 Å². The van der Waals surface area contributed by atoms with Crippen molar-refractivity contribution in [3.8, 4) is 0 Å². The van der Waals surface area contributed by atoms with Crippen LogP contribution >= 0.6 is 0 Å². The zero-order valence-corrected chi connectivity index (χ0v) is 14.3. The minimum absolute atomic E-state index is 0.230. The molecule has 2 rings (SSSR count). The number of ether oxygens (including phenoxy) is 1. The molecule has 0 unspecified atom stereocenters. The van der Waals surface area contributed by atoms with Crippen molar-refractivity contribution in [1.82, 2.24) is 20.4 Å². The van der Waals surface area contributed by atoms with E-state index in [4.69, 9.17) is 4.74 Å². The Hall–Kier alpha value is -2.32. The van der Waals surface area contributed by atoms with Crippen molar-refractivity contribution < 1.29 is 18.8 Å². The molecule has 1 aromatic heterocycles. The fourth-order valence-electron chi connectivity index (χ4n) is 2.53. The molecule has 1 saturated heterocycles. The predicted molar refractivity (Wildman–Crippen MR) is 84.4 cm³/mol. The number of nitrogens with zero attached hydrogens (tertiary/aromatic N) is 2. The number of piperidine rings is 1. The van der Waals surface area contributed by atoms with Crippen LogP contribution in [0.15, 0.2) is 9.32 Å². The maximum atomic E-state index is 12.4. The number of hydrogen-bond donors (Lipinski definition) is 2. The van der Waals surface area contributed by atoms with Gasteiger partial charge in [-0.1, -0.05) is 5.16 Å². The van der Waals surface area contributed by atoms with Gasteiger partial charge in [0, 0.05) is 19.5 Å². The van der Waals surface area contributed by atoms with Crippen LogP contribution in [0.3, 0.4) is 0 Å². The van der Waals surface area contributed by atoms with E-state index < -0.39 is 23.5 Å². The first kappa shape index (κ1) is 18.0. The van der Waals surface area contributed by atoms with Crippen LogP contribution in [0.2, 0.25) is 0 Å². The van der Waals surface area contributed by atoms with E-state index >= 15 is 0 Å². The number of carbonyl (C=O) groups is 2. The van der Waals surface area contributed by atoms with Gasteiger partial charge in [0.05, 0.1) is 0 Å². The molecule has 0 bridgehead atoms. The maximum Gasteiger partial charge on any atom is 0.438 e. The number of aromatic amines is 1. The van der Waals surface area contributed by atoms with E-state index in [9.17, 15) is 14.4 Å². The van der Waals surface area contributed by atoms with E-state index in [1.165, 1.54) is 4.90 Å². The fraction of sp³-hybridized carbons (Fsp3) is 0.733. The Morgan fingerprint density at radius 3 is 2.79 bits per heavy atom. The Morgan fingerprint density at radius 1 is 1.42 bits per heavy atom. The van der Waals surface area contributed by atoms with E-state index in [2.05, 4.69) is 20.0 Å². The highest BCUT2D eigenvalue weighted by Crippen LogP contribution is 2.20. The molecular formula is C15H24N4O5. The summed E-state index contributed by atoms with van der Waals surface area (Å²) in [4.78, 5) is 39.4. The van der Waals surface area contributed by atoms with Gasteiger partial charge in [0.1, 0.15) is 11.6 Å². The molecule has 1 aliphatic rings. The van der Waals surface area contributed by atoms with Gasteiger partial charge in [0.25, 0.3) is 0 Å². The van der Waals surface area contributed by atoms with E-state index in [0.29, 0.717) is 31.8 Å². The Morgan fingerprint density at radius 2 is 2.17 bits per heavy atom. The number of likely N-dealkylation sites (tertiary alicyclic amines) is 1. The first-order chi connectivity index (χ1) is 11.3. The number of aromatic nitrogens is 2. The van der Waals surface area contributed by atoms with Gasteiger partial charge in [-0.3, -0.25) is 19.2 Å². The molecule has 134 valence electrons. The molecule has 24 heavy (non-hydrogen) atoms. The molecule has 0 radical (unpaired) electrons.